The molecule has 0 spiro atoms. The Labute approximate surface area is 174 Å². The average molecular weight is 415 g/mol. The predicted octanol–water partition coefficient (Wildman–Crippen LogP) is 3.49. The molecule has 3 fully saturated rings. The van der Waals surface area contributed by atoms with Crippen molar-refractivity contribution in [1.29, 1.82) is 0 Å². The number of hydrogen-bond donors (Lipinski definition) is 0. The molecule has 29 heavy (non-hydrogen) atoms. The van der Waals surface area contributed by atoms with Gasteiger partial charge in [-0.15, -0.1) is 10.2 Å². The van der Waals surface area contributed by atoms with E-state index in [2.05, 4.69) is 15.1 Å². The van der Waals surface area contributed by atoms with Crippen LogP contribution in [-0.4, -0.2) is 44.5 Å². The Morgan fingerprint density at radius 2 is 1.66 bits per heavy atom. The summed E-state index contributed by atoms with van der Waals surface area (Å²) in [5, 5.41) is 8.95. The minimum atomic E-state index is -0.114. The molecule has 2 amide bonds. The van der Waals surface area contributed by atoms with E-state index in [-0.39, 0.29) is 23.7 Å². The fraction of sp³-hybridized carbons (Fsp3) is 0.524. The van der Waals surface area contributed by atoms with Crippen molar-refractivity contribution in [2.75, 3.05) is 6.67 Å². The number of nitrogens with zero attached hydrogens (tertiary/aromatic N) is 4. The minimum absolute atomic E-state index is 0.00210. The summed E-state index contributed by atoms with van der Waals surface area (Å²) in [5.74, 6) is 0.690. The second kappa shape index (κ2) is 7.54. The van der Waals surface area contributed by atoms with E-state index >= 15 is 0 Å². The summed E-state index contributed by atoms with van der Waals surface area (Å²) in [4.78, 5) is 29.2. The highest BCUT2D eigenvalue weighted by Gasteiger charge is 2.49. The van der Waals surface area contributed by atoms with E-state index in [0.29, 0.717) is 36.1 Å². The molecule has 2 atom stereocenters. The van der Waals surface area contributed by atoms with Gasteiger partial charge in [0.1, 0.15) is 0 Å². The molecule has 2 heterocycles. The Bertz CT molecular complexity index is 900. The third kappa shape index (κ3) is 3.69. The van der Waals surface area contributed by atoms with E-state index in [0.717, 1.165) is 44.1 Å². The first-order valence-corrected chi connectivity index (χ1v) is 10.7. The molecular weight excluding hydrogens is 392 g/mol. The molecule has 0 unspecified atom stereocenters. The topological polar surface area (TPSA) is 79.5 Å². The molecule has 0 N–H and O–H groups in total. The zero-order chi connectivity index (χ0) is 20.0. The van der Waals surface area contributed by atoms with E-state index in [4.69, 9.17) is 16.0 Å². The molecule has 1 aromatic heterocycles. The summed E-state index contributed by atoms with van der Waals surface area (Å²) in [6.45, 7) is 0.742. The van der Waals surface area contributed by atoms with Crippen molar-refractivity contribution in [2.24, 2.45) is 11.8 Å². The van der Waals surface area contributed by atoms with Crippen molar-refractivity contribution in [3.8, 4) is 11.5 Å². The van der Waals surface area contributed by atoms with Crippen LogP contribution >= 0.6 is 11.6 Å². The second-order valence-electron chi connectivity index (χ2n) is 8.23. The molecule has 5 rings (SSSR count). The van der Waals surface area contributed by atoms with Crippen molar-refractivity contribution in [1.82, 2.24) is 20.0 Å². The molecule has 2 saturated carbocycles. The number of hydrogen-bond acceptors (Lipinski definition) is 6. The minimum Gasteiger partial charge on any atom is -0.419 e. The van der Waals surface area contributed by atoms with Gasteiger partial charge in [0.15, 0.2) is 0 Å². The number of carbonyl (C=O) groups is 2. The van der Waals surface area contributed by atoms with Gasteiger partial charge in [0.2, 0.25) is 23.6 Å². The lowest BCUT2D eigenvalue weighted by molar-refractivity contribution is -0.142. The lowest BCUT2D eigenvalue weighted by atomic mass is 9.81. The van der Waals surface area contributed by atoms with Crippen LogP contribution in [-0.2, 0) is 16.1 Å². The maximum Gasteiger partial charge on any atom is 0.247 e. The standard InChI is InChI=1S/C21H23ClN4O3/c22-14-7-5-13(6-8-14)19-24-23-18(29-19)11-25(15-9-10-15)12-26-20(27)16-3-1-2-4-17(16)21(26)28/h5-8,15-17H,1-4,9-12H2/t16-,17+. The monoisotopic (exact) mass is 414 g/mol. The van der Waals surface area contributed by atoms with Gasteiger partial charge >= 0.3 is 0 Å². The summed E-state index contributed by atoms with van der Waals surface area (Å²) in [6, 6.07) is 7.58. The molecular formula is C21H23ClN4O3. The summed E-state index contributed by atoms with van der Waals surface area (Å²) in [7, 11) is 0. The fourth-order valence-corrected chi connectivity index (χ4v) is 4.61. The molecule has 2 aromatic rings. The van der Waals surface area contributed by atoms with Crippen LogP contribution in [0.5, 0.6) is 0 Å². The van der Waals surface area contributed by atoms with Crippen molar-refractivity contribution < 1.29 is 14.0 Å². The Kier molecular flexibility index (Phi) is 4.87. The van der Waals surface area contributed by atoms with Gasteiger partial charge in [-0.1, -0.05) is 24.4 Å². The highest BCUT2D eigenvalue weighted by Crippen LogP contribution is 2.39. The van der Waals surface area contributed by atoms with Crippen molar-refractivity contribution in [3.05, 3.63) is 35.2 Å². The van der Waals surface area contributed by atoms with E-state index < -0.39 is 0 Å². The van der Waals surface area contributed by atoms with Crippen LogP contribution in [0.25, 0.3) is 11.5 Å². The Balaban J connectivity index is 1.30. The zero-order valence-corrected chi connectivity index (χ0v) is 16.8. The average Bonchev–Trinajstić information content (AvgIpc) is 3.44. The third-order valence-electron chi connectivity index (χ3n) is 6.22. The molecule has 0 radical (unpaired) electrons. The SMILES string of the molecule is O=C1[C@H]2CCCC[C@H]2C(=O)N1CN(Cc1nnc(-c2ccc(Cl)cc2)o1)C1CC1. The number of imide groups is 1. The number of amides is 2. The van der Waals surface area contributed by atoms with Crippen molar-refractivity contribution in [3.63, 3.8) is 0 Å². The van der Waals surface area contributed by atoms with E-state index in [1.54, 1.807) is 12.1 Å². The Hall–Kier alpha value is -2.25. The van der Waals surface area contributed by atoms with Crippen LogP contribution in [0.3, 0.4) is 0 Å². The zero-order valence-electron chi connectivity index (χ0n) is 16.1. The summed E-state index contributed by atoms with van der Waals surface area (Å²) in [5.41, 5.74) is 0.806. The first kappa shape index (κ1) is 18.8. The van der Waals surface area contributed by atoms with Crippen LogP contribution in [0.1, 0.15) is 44.4 Å². The number of rotatable bonds is 6. The van der Waals surface area contributed by atoms with Gasteiger partial charge in [0.05, 0.1) is 25.0 Å². The van der Waals surface area contributed by atoms with Crippen LogP contribution in [0.4, 0.5) is 0 Å². The number of benzene rings is 1. The van der Waals surface area contributed by atoms with Crippen LogP contribution in [0.2, 0.25) is 5.02 Å². The summed E-state index contributed by atoms with van der Waals surface area (Å²) < 4.78 is 5.84. The van der Waals surface area contributed by atoms with Gasteiger partial charge in [0.25, 0.3) is 0 Å². The number of likely N-dealkylation sites (tertiary alicyclic amines) is 1. The Morgan fingerprint density at radius 1 is 1.00 bits per heavy atom. The maximum atomic E-state index is 12.8. The van der Waals surface area contributed by atoms with E-state index in [1.165, 1.54) is 4.90 Å². The maximum absolute atomic E-state index is 12.8. The fourth-order valence-electron chi connectivity index (χ4n) is 4.49. The molecule has 1 saturated heterocycles. The van der Waals surface area contributed by atoms with Gasteiger partial charge < -0.3 is 4.42 Å². The molecule has 152 valence electrons. The quantitative estimate of drug-likeness (QED) is 0.673. The normalized spacial score (nSPS) is 24.4. The Morgan fingerprint density at radius 3 is 2.28 bits per heavy atom. The van der Waals surface area contributed by atoms with Gasteiger partial charge in [-0.05, 0) is 49.9 Å². The van der Waals surface area contributed by atoms with Crippen LogP contribution in [0.15, 0.2) is 28.7 Å². The smallest absolute Gasteiger partial charge is 0.247 e. The second-order valence-corrected chi connectivity index (χ2v) is 8.67. The van der Waals surface area contributed by atoms with Gasteiger partial charge in [-0.2, -0.15) is 0 Å². The van der Waals surface area contributed by atoms with Crippen molar-refractivity contribution in [2.45, 2.75) is 51.1 Å². The number of carbonyl (C=O) groups excluding carboxylic acids is 2. The molecule has 8 heteroatoms. The van der Waals surface area contributed by atoms with E-state index in [9.17, 15) is 9.59 Å². The van der Waals surface area contributed by atoms with Gasteiger partial charge in [-0.3, -0.25) is 19.4 Å². The summed E-state index contributed by atoms with van der Waals surface area (Å²) in [6.07, 6.45) is 5.86. The predicted molar refractivity (Wildman–Crippen MR) is 105 cm³/mol. The summed E-state index contributed by atoms with van der Waals surface area (Å²) >= 11 is 5.93. The number of aromatic nitrogens is 2. The highest BCUT2D eigenvalue weighted by atomic mass is 35.5. The molecule has 7 nitrogen and oxygen atoms in total. The third-order valence-corrected chi connectivity index (χ3v) is 6.47. The van der Waals surface area contributed by atoms with Gasteiger partial charge in [-0.25, -0.2) is 0 Å². The molecule has 1 aliphatic heterocycles. The van der Waals surface area contributed by atoms with Crippen LogP contribution in [0, 0.1) is 11.8 Å². The first-order valence-electron chi connectivity index (χ1n) is 10.3. The number of fused-ring (bicyclic) bond motifs is 1. The largest absolute Gasteiger partial charge is 0.419 e. The van der Waals surface area contributed by atoms with Gasteiger partial charge in [0, 0.05) is 16.6 Å². The molecule has 2 aliphatic carbocycles. The molecule has 0 bridgehead atoms. The lowest BCUT2D eigenvalue weighted by Gasteiger charge is -2.25. The molecule has 1 aromatic carbocycles. The van der Waals surface area contributed by atoms with E-state index in [1.807, 2.05) is 12.1 Å². The first-order chi connectivity index (χ1) is 14.1. The lowest BCUT2D eigenvalue weighted by Crippen LogP contribution is -2.42. The number of halogens is 1. The van der Waals surface area contributed by atoms with Crippen molar-refractivity contribution >= 4 is 23.4 Å². The molecule has 3 aliphatic rings. The highest BCUT2D eigenvalue weighted by molar-refractivity contribution is 6.30. The van der Waals surface area contributed by atoms with Crippen LogP contribution < -0.4 is 0 Å².